The van der Waals surface area contributed by atoms with Crippen molar-refractivity contribution in [2.75, 3.05) is 6.54 Å². The summed E-state index contributed by atoms with van der Waals surface area (Å²) in [6.07, 6.45) is 2.75. The first kappa shape index (κ1) is 16.8. The Morgan fingerprint density at radius 1 is 1.15 bits per heavy atom. The number of nitrogens with zero attached hydrogens (tertiary/aromatic N) is 1. The van der Waals surface area contributed by atoms with Crippen LogP contribution in [0, 0.1) is 0 Å². The number of carbonyl (C=O) groups is 2. The average Bonchev–Trinajstić information content (AvgIpc) is 3.06. The number of aliphatic carboxylic acids is 1. The van der Waals surface area contributed by atoms with Crippen molar-refractivity contribution in [1.29, 1.82) is 0 Å². The van der Waals surface area contributed by atoms with E-state index in [1.807, 2.05) is 0 Å². The fourth-order valence-corrected chi connectivity index (χ4v) is 3.70. The lowest BCUT2D eigenvalue weighted by Crippen LogP contribution is -2.59. The Balaban J connectivity index is 1.39. The highest BCUT2D eigenvalue weighted by Crippen LogP contribution is 2.32. The zero-order valence-corrected chi connectivity index (χ0v) is 14.5. The summed E-state index contributed by atoms with van der Waals surface area (Å²) in [6.45, 7) is 2.44. The number of nitrogens with one attached hydrogen (secondary N) is 1. The van der Waals surface area contributed by atoms with Gasteiger partial charge in [0.25, 0.3) is 5.91 Å². The molecule has 1 aliphatic heterocycles. The number of benzene rings is 1. The Bertz CT molecular complexity index is 838. The number of carboxylic acids is 1. The van der Waals surface area contributed by atoms with Crippen LogP contribution in [0.25, 0.3) is 0 Å². The molecule has 2 aliphatic rings. The van der Waals surface area contributed by atoms with Gasteiger partial charge in [0.05, 0.1) is 6.54 Å². The molecule has 0 radical (unpaired) electrons. The van der Waals surface area contributed by atoms with Crippen LogP contribution in [0.2, 0.25) is 0 Å². The topological polar surface area (TPSA) is 82.8 Å². The average molecular weight is 354 g/mol. The van der Waals surface area contributed by atoms with E-state index < -0.39 is 17.4 Å². The first-order valence-electron chi connectivity index (χ1n) is 8.99. The Morgan fingerprint density at radius 2 is 1.92 bits per heavy atom. The molecule has 6 heteroatoms. The highest BCUT2D eigenvalue weighted by atomic mass is 16.4. The molecule has 136 valence electrons. The third kappa shape index (κ3) is 3.12. The van der Waals surface area contributed by atoms with Crippen LogP contribution < -0.4 is 5.32 Å². The standard InChI is InChI=1S/C20H22N2O4/c23-18(21-20(19(24)25)9-3-10-20)17-7-6-16(26-17)13-22-11-8-14-4-1-2-5-15(14)12-22/h1-2,4-7H,3,8-13H2,(H,21,23)(H,24,25). The summed E-state index contributed by atoms with van der Waals surface area (Å²) >= 11 is 0. The van der Waals surface area contributed by atoms with Gasteiger partial charge in [-0.2, -0.15) is 0 Å². The van der Waals surface area contributed by atoms with Crippen molar-refractivity contribution in [3.8, 4) is 0 Å². The molecule has 2 N–H and O–H groups in total. The van der Waals surface area contributed by atoms with Crippen LogP contribution in [0.1, 0.15) is 46.7 Å². The van der Waals surface area contributed by atoms with Gasteiger partial charge in [0, 0.05) is 13.1 Å². The fourth-order valence-electron chi connectivity index (χ4n) is 3.70. The summed E-state index contributed by atoms with van der Waals surface area (Å²) < 4.78 is 5.68. The summed E-state index contributed by atoms with van der Waals surface area (Å²) in [5.41, 5.74) is 1.60. The fraction of sp³-hybridized carbons (Fsp3) is 0.400. The molecule has 0 atom stereocenters. The predicted molar refractivity (Wildman–Crippen MR) is 94.7 cm³/mol. The molecule has 2 aromatic rings. The van der Waals surface area contributed by atoms with E-state index in [1.165, 1.54) is 11.1 Å². The van der Waals surface area contributed by atoms with Gasteiger partial charge in [-0.05, 0) is 48.9 Å². The normalized spacial score (nSPS) is 18.6. The Labute approximate surface area is 151 Å². The van der Waals surface area contributed by atoms with Crippen molar-refractivity contribution < 1.29 is 19.1 Å². The van der Waals surface area contributed by atoms with Crippen LogP contribution in [-0.2, 0) is 24.3 Å². The van der Waals surface area contributed by atoms with E-state index in [2.05, 4.69) is 34.5 Å². The van der Waals surface area contributed by atoms with Gasteiger partial charge in [-0.25, -0.2) is 4.79 Å². The van der Waals surface area contributed by atoms with Crippen LogP contribution >= 0.6 is 0 Å². The van der Waals surface area contributed by atoms with E-state index in [4.69, 9.17) is 4.42 Å². The van der Waals surface area contributed by atoms with Crippen LogP contribution in [0.4, 0.5) is 0 Å². The molecule has 0 spiro atoms. The van der Waals surface area contributed by atoms with Gasteiger partial charge in [-0.15, -0.1) is 0 Å². The van der Waals surface area contributed by atoms with Crippen molar-refractivity contribution in [1.82, 2.24) is 10.2 Å². The second-order valence-electron chi connectivity index (χ2n) is 7.19. The largest absolute Gasteiger partial charge is 0.480 e. The lowest BCUT2D eigenvalue weighted by atomic mass is 9.76. The van der Waals surface area contributed by atoms with Crippen LogP contribution in [0.5, 0.6) is 0 Å². The second-order valence-corrected chi connectivity index (χ2v) is 7.19. The Morgan fingerprint density at radius 3 is 2.62 bits per heavy atom. The third-order valence-corrected chi connectivity index (χ3v) is 5.44. The summed E-state index contributed by atoms with van der Waals surface area (Å²) in [7, 11) is 0. The summed E-state index contributed by atoms with van der Waals surface area (Å²) in [5.74, 6) is -0.546. The smallest absolute Gasteiger partial charge is 0.329 e. The maximum Gasteiger partial charge on any atom is 0.329 e. The summed E-state index contributed by atoms with van der Waals surface area (Å²) in [5, 5.41) is 12.0. The van der Waals surface area contributed by atoms with E-state index in [1.54, 1.807) is 12.1 Å². The van der Waals surface area contributed by atoms with Crippen molar-refractivity contribution in [3.63, 3.8) is 0 Å². The molecule has 1 aliphatic carbocycles. The van der Waals surface area contributed by atoms with Gasteiger partial charge in [-0.3, -0.25) is 9.69 Å². The van der Waals surface area contributed by atoms with E-state index in [0.717, 1.165) is 25.9 Å². The maximum absolute atomic E-state index is 12.3. The molecular weight excluding hydrogens is 332 g/mol. The molecule has 4 rings (SSSR count). The minimum Gasteiger partial charge on any atom is -0.480 e. The Kier molecular flexibility index (Phi) is 4.28. The van der Waals surface area contributed by atoms with E-state index >= 15 is 0 Å². The van der Waals surface area contributed by atoms with Crippen LogP contribution in [0.15, 0.2) is 40.8 Å². The van der Waals surface area contributed by atoms with Crippen LogP contribution in [-0.4, -0.2) is 34.0 Å². The van der Waals surface area contributed by atoms with E-state index in [9.17, 15) is 14.7 Å². The van der Waals surface area contributed by atoms with E-state index in [-0.39, 0.29) is 5.76 Å². The monoisotopic (exact) mass is 354 g/mol. The van der Waals surface area contributed by atoms with Gasteiger partial charge in [0.15, 0.2) is 5.76 Å². The highest BCUT2D eigenvalue weighted by Gasteiger charge is 2.46. The Hall–Kier alpha value is -2.60. The zero-order valence-electron chi connectivity index (χ0n) is 14.5. The highest BCUT2D eigenvalue weighted by molar-refractivity contribution is 5.96. The SMILES string of the molecule is O=C(NC1(C(=O)O)CCC1)c1ccc(CN2CCc3ccccc3C2)o1. The number of amides is 1. The summed E-state index contributed by atoms with van der Waals surface area (Å²) in [6, 6.07) is 11.8. The number of rotatable bonds is 5. The molecule has 1 saturated carbocycles. The number of fused-ring (bicyclic) bond motifs is 1. The van der Waals surface area contributed by atoms with Gasteiger partial charge in [0.1, 0.15) is 11.3 Å². The maximum atomic E-state index is 12.3. The van der Waals surface area contributed by atoms with Crippen molar-refractivity contribution in [2.24, 2.45) is 0 Å². The predicted octanol–water partition coefficient (Wildman–Crippen LogP) is 2.58. The molecule has 0 saturated heterocycles. The third-order valence-electron chi connectivity index (χ3n) is 5.44. The van der Waals surface area contributed by atoms with Crippen molar-refractivity contribution in [3.05, 3.63) is 59.0 Å². The molecule has 1 aromatic heterocycles. The van der Waals surface area contributed by atoms with Gasteiger partial charge in [0.2, 0.25) is 0 Å². The van der Waals surface area contributed by atoms with E-state index in [0.29, 0.717) is 25.1 Å². The number of furan rings is 1. The molecular formula is C20H22N2O4. The van der Waals surface area contributed by atoms with Gasteiger partial charge < -0.3 is 14.8 Å². The van der Waals surface area contributed by atoms with Gasteiger partial charge >= 0.3 is 5.97 Å². The van der Waals surface area contributed by atoms with Crippen molar-refractivity contribution >= 4 is 11.9 Å². The molecule has 1 aromatic carbocycles. The molecule has 1 fully saturated rings. The first-order valence-corrected chi connectivity index (χ1v) is 8.99. The number of carbonyl (C=O) groups excluding carboxylic acids is 1. The number of carboxylic acid groups (broad SMARTS) is 1. The summed E-state index contributed by atoms with van der Waals surface area (Å²) in [4.78, 5) is 26.0. The number of hydrogen-bond donors (Lipinski definition) is 2. The van der Waals surface area contributed by atoms with Crippen LogP contribution in [0.3, 0.4) is 0 Å². The van der Waals surface area contributed by atoms with Gasteiger partial charge in [-0.1, -0.05) is 24.3 Å². The zero-order chi connectivity index (χ0) is 18.1. The molecule has 6 nitrogen and oxygen atoms in total. The lowest BCUT2D eigenvalue weighted by Gasteiger charge is -2.37. The lowest BCUT2D eigenvalue weighted by molar-refractivity contribution is -0.148. The quantitative estimate of drug-likeness (QED) is 0.862. The second kappa shape index (κ2) is 6.61. The molecule has 2 heterocycles. The molecule has 26 heavy (non-hydrogen) atoms. The molecule has 0 bridgehead atoms. The number of hydrogen-bond acceptors (Lipinski definition) is 4. The molecule has 1 amide bonds. The minimum atomic E-state index is -1.12. The molecule has 0 unspecified atom stereocenters. The van der Waals surface area contributed by atoms with Crippen molar-refractivity contribution in [2.45, 2.75) is 44.3 Å². The minimum absolute atomic E-state index is 0.171. The first-order chi connectivity index (χ1) is 12.6.